The summed E-state index contributed by atoms with van der Waals surface area (Å²) in [5, 5.41) is 3.61. The monoisotopic (exact) mass is 396 g/mol. The summed E-state index contributed by atoms with van der Waals surface area (Å²) in [4.78, 5) is 15.5. The van der Waals surface area contributed by atoms with Crippen molar-refractivity contribution in [1.29, 1.82) is 0 Å². The molecule has 1 saturated heterocycles. The molecule has 3 heterocycles. The Morgan fingerprint density at radius 3 is 2.69 bits per heavy atom. The highest BCUT2D eigenvalue weighted by molar-refractivity contribution is 5.93. The number of fused-ring (bicyclic) bond motifs is 1. The zero-order valence-electron chi connectivity index (χ0n) is 17.5. The Labute approximate surface area is 171 Å². The van der Waals surface area contributed by atoms with E-state index in [1.165, 1.54) is 12.7 Å². The van der Waals surface area contributed by atoms with Gasteiger partial charge in [0.05, 0.1) is 32.3 Å². The first-order chi connectivity index (χ1) is 14.0. The molecule has 0 radical (unpaired) electrons. The lowest BCUT2D eigenvalue weighted by Crippen LogP contribution is -2.58. The average molecular weight is 396 g/mol. The van der Waals surface area contributed by atoms with Crippen LogP contribution in [0.4, 0.5) is 5.69 Å². The van der Waals surface area contributed by atoms with Crippen LogP contribution in [-0.2, 0) is 14.9 Å². The smallest absolute Gasteiger partial charge is 0.335 e. The van der Waals surface area contributed by atoms with Gasteiger partial charge in [-0.15, -0.1) is 0 Å². The number of hydrogen-bond acceptors (Lipinski definition) is 6. The highest BCUT2D eigenvalue weighted by atomic mass is 16.5. The van der Waals surface area contributed by atoms with Gasteiger partial charge in [0.15, 0.2) is 11.5 Å². The van der Waals surface area contributed by atoms with E-state index in [1.807, 2.05) is 6.07 Å². The molecule has 0 bridgehead atoms. The van der Waals surface area contributed by atoms with E-state index < -0.39 is 0 Å². The van der Waals surface area contributed by atoms with Crippen molar-refractivity contribution in [2.45, 2.75) is 37.6 Å². The summed E-state index contributed by atoms with van der Waals surface area (Å²) in [5.74, 6) is 1.18. The molecule has 154 valence electrons. The molecule has 3 unspecified atom stereocenters. The van der Waals surface area contributed by atoms with E-state index in [9.17, 15) is 4.79 Å². The zero-order chi connectivity index (χ0) is 20.4. The number of carbonyl (C=O) groups is 1. The van der Waals surface area contributed by atoms with E-state index in [-0.39, 0.29) is 16.8 Å². The number of nitrogens with zero attached hydrogens (tertiary/aromatic N) is 1. The van der Waals surface area contributed by atoms with E-state index >= 15 is 0 Å². The Bertz CT molecular complexity index is 952. The summed E-state index contributed by atoms with van der Waals surface area (Å²) in [5.41, 5.74) is 3.64. The number of hydrogen-bond donors (Lipinski definition) is 1. The summed E-state index contributed by atoms with van der Waals surface area (Å²) in [6, 6.07) is 4.41. The van der Waals surface area contributed by atoms with Gasteiger partial charge in [0.1, 0.15) is 0 Å². The molecule has 4 aliphatic rings. The average Bonchev–Trinajstić information content (AvgIpc) is 3.31. The molecule has 1 spiro atoms. The Hall–Kier alpha value is -2.47. The fourth-order valence-corrected chi connectivity index (χ4v) is 6.39. The largest absolute Gasteiger partial charge is 0.493 e. The van der Waals surface area contributed by atoms with Crippen LogP contribution < -0.4 is 14.8 Å². The highest BCUT2D eigenvalue weighted by Crippen LogP contribution is 2.65. The predicted molar refractivity (Wildman–Crippen MR) is 110 cm³/mol. The topological polar surface area (TPSA) is 60.0 Å². The van der Waals surface area contributed by atoms with Crippen molar-refractivity contribution in [3.8, 4) is 11.5 Å². The van der Waals surface area contributed by atoms with Crippen LogP contribution in [0.15, 0.2) is 35.6 Å². The maximum Gasteiger partial charge on any atom is 0.335 e. The summed E-state index contributed by atoms with van der Waals surface area (Å²) < 4.78 is 16.4. The molecule has 0 saturated carbocycles. The van der Waals surface area contributed by atoms with Crippen LogP contribution in [0.2, 0.25) is 0 Å². The van der Waals surface area contributed by atoms with Gasteiger partial charge < -0.3 is 19.5 Å². The normalized spacial score (nSPS) is 31.7. The Kier molecular flexibility index (Phi) is 4.01. The second-order valence-corrected chi connectivity index (χ2v) is 8.51. The van der Waals surface area contributed by atoms with Crippen molar-refractivity contribution >= 4 is 11.7 Å². The second kappa shape index (κ2) is 6.26. The van der Waals surface area contributed by atoms with Gasteiger partial charge in [0.25, 0.3) is 0 Å². The van der Waals surface area contributed by atoms with Gasteiger partial charge in [-0.05, 0) is 30.9 Å². The third kappa shape index (κ3) is 2.18. The van der Waals surface area contributed by atoms with Gasteiger partial charge in [-0.3, -0.25) is 4.90 Å². The van der Waals surface area contributed by atoms with Crippen molar-refractivity contribution in [2.75, 3.05) is 39.7 Å². The fourth-order valence-electron chi connectivity index (χ4n) is 6.39. The molecule has 3 atom stereocenters. The van der Waals surface area contributed by atoms with Gasteiger partial charge in [-0.25, -0.2) is 4.79 Å². The predicted octanol–water partition coefficient (Wildman–Crippen LogP) is 3.24. The van der Waals surface area contributed by atoms with Crippen LogP contribution in [0, 0.1) is 5.41 Å². The number of rotatable bonds is 4. The van der Waals surface area contributed by atoms with Crippen LogP contribution in [-0.4, -0.2) is 51.3 Å². The Balaban J connectivity index is 1.82. The van der Waals surface area contributed by atoms with Crippen LogP contribution in [0.3, 0.4) is 0 Å². The summed E-state index contributed by atoms with van der Waals surface area (Å²) in [6.45, 7) is 4.19. The van der Waals surface area contributed by atoms with Crippen LogP contribution >= 0.6 is 0 Å². The molecule has 0 aromatic heterocycles. The first kappa shape index (κ1) is 18.6. The van der Waals surface area contributed by atoms with Crippen molar-refractivity contribution in [1.82, 2.24) is 4.90 Å². The molecule has 1 aromatic rings. The number of carbonyl (C=O) groups excluding carboxylic acids is 1. The summed E-state index contributed by atoms with van der Waals surface area (Å²) in [6.07, 6.45) is 7.27. The van der Waals surface area contributed by atoms with E-state index in [1.54, 1.807) is 14.2 Å². The maximum absolute atomic E-state index is 12.9. The van der Waals surface area contributed by atoms with Crippen LogP contribution in [0.1, 0.15) is 31.7 Å². The molecular formula is C23H28N2O4. The number of benzene rings is 1. The molecule has 5 rings (SSSR count). The fraction of sp³-hybridized carbons (Fsp3) is 0.522. The van der Waals surface area contributed by atoms with E-state index in [2.05, 4.69) is 35.4 Å². The van der Waals surface area contributed by atoms with Crippen LogP contribution in [0.25, 0.3) is 0 Å². The van der Waals surface area contributed by atoms with Gasteiger partial charge in [0.2, 0.25) is 0 Å². The Morgan fingerprint density at radius 2 is 2.00 bits per heavy atom. The van der Waals surface area contributed by atoms with Gasteiger partial charge in [-0.2, -0.15) is 0 Å². The molecule has 1 aliphatic carbocycles. The van der Waals surface area contributed by atoms with Gasteiger partial charge in [0, 0.05) is 42.0 Å². The first-order valence-corrected chi connectivity index (χ1v) is 10.3. The van der Waals surface area contributed by atoms with E-state index in [0.29, 0.717) is 18.2 Å². The molecule has 0 amide bonds. The molecule has 1 aromatic carbocycles. The number of ether oxygens (including phenoxy) is 3. The molecular weight excluding hydrogens is 368 g/mol. The lowest BCUT2D eigenvalue weighted by Gasteiger charge is -2.53. The minimum atomic E-state index is -0.266. The van der Waals surface area contributed by atoms with Gasteiger partial charge in [-0.1, -0.05) is 19.1 Å². The minimum Gasteiger partial charge on any atom is -0.493 e. The lowest BCUT2D eigenvalue weighted by atomic mass is 9.55. The third-order valence-electron chi connectivity index (χ3n) is 7.57. The quantitative estimate of drug-likeness (QED) is 0.623. The third-order valence-corrected chi connectivity index (χ3v) is 7.57. The summed E-state index contributed by atoms with van der Waals surface area (Å²) in [7, 11) is 4.79. The Morgan fingerprint density at radius 1 is 1.24 bits per heavy atom. The number of anilines is 1. The van der Waals surface area contributed by atoms with Crippen molar-refractivity contribution in [3.05, 3.63) is 41.1 Å². The molecule has 1 N–H and O–H groups in total. The SMILES string of the molecule is CCC12C=CCN3CCC4(C(=C(C(=O)OC)C1)Nc1cc(OC)c(OC)cc14)C32. The number of methoxy groups -OCH3 is 3. The lowest BCUT2D eigenvalue weighted by molar-refractivity contribution is -0.137. The molecule has 29 heavy (non-hydrogen) atoms. The molecule has 6 nitrogen and oxygen atoms in total. The van der Waals surface area contributed by atoms with Gasteiger partial charge >= 0.3 is 5.97 Å². The van der Waals surface area contributed by atoms with E-state index in [4.69, 9.17) is 14.2 Å². The van der Waals surface area contributed by atoms with Crippen molar-refractivity contribution < 1.29 is 19.0 Å². The highest BCUT2D eigenvalue weighted by Gasteiger charge is 2.65. The van der Waals surface area contributed by atoms with Crippen molar-refractivity contribution in [2.24, 2.45) is 5.41 Å². The molecule has 6 heteroatoms. The molecule has 1 fully saturated rings. The summed E-state index contributed by atoms with van der Waals surface area (Å²) >= 11 is 0. The van der Waals surface area contributed by atoms with E-state index in [0.717, 1.165) is 48.6 Å². The molecule has 3 aliphatic heterocycles. The first-order valence-electron chi connectivity index (χ1n) is 10.3. The minimum absolute atomic E-state index is 0.0851. The van der Waals surface area contributed by atoms with Crippen LogP contribution in [0.5, 0.6) is 11.5 Å². The van der Waals surface area contributed by atoms with Crippen molar-refractivity contribution in [3.63, 3.8) is 0 Å². The zero-order valence-corrected chi connectivity index (χ0v) is 17.5. The number of nitrogens with one attached hydrogen (secondary N) is 1. The standard InChI is InChI=1S/C23H28N2O4/c1-5-22-7-6-9-25-10-8-23(21(22)25)15-11-17(27-2)18(28-3)12-16(15)24-19(23)14(13-22)20(26)29-4/h6-7,11-12,21,24H,5,8-10,13H2,1-4H3. The number of esters is 1. The maximum atomic E-state index is 12.9. The second-order valence-electron chi connectivity index (χ2n) is 8.51.